The van der Waals surface area contributed by atoms with Crippen molar-refractivity contribution in [2.75, 3.05) is 30.3 Å². The Bertz CT molecular complexity index is 359. The smallest absolute Gasteiger partial charge is 0.130 e. The Kier molecular flexibility index (Phi) is 3.26. The minimum absolute atomic E-state index is 0.0309. The average Bonchev–Trinajstić information content (AvgIpc) is 2.28. The van der Waals surface area contributed by atoms with Gasteiger partial charge in [-0.05, 0) is 13.0 Å². The second-order valence-corrected chi connectivity index (χ2v) is 4.10. The second kappa shape index (κ2) is 4.67. The van der Waals surface area contributed by atoms with E-state index in [1.165, 1.54) is 0 Å². The quantitative estimate of drug-likeness (QED) is 0.752. The summed E-state index contributed by atoms with van der Waals surface area (Å²) >= 11 is 0. The average molecular weight is 223 g/mol. The summed E-state index contributed by atoms with van der Waals surface area (Å²) in [6.07, 6.45) is 1.64. The molecule has 2 heterocycles. The van der Waals surface area contributed by atoms with E-state index < -0.39 is 0 Å². The van der Waals surface area contributed by atoms with Crippen LogP contribution in [0, 0.1) is 0 Å². The summed E-state index contributed by atoms with van der Waals surface area (Å²) in [4.78, 5) is 6.36. The van der Waals surface area contributed by atoms with Gasteiger partial charge >= 0.3 is 0 Å². The summed E-state index contributed by atoms with van der Waals surface area (Å²) in [6, 6.07) is 3.60. The summed E-state index contributed by atoms with van der Waals surface area (Å²) in [5.74, 6) is 0.841. The Labute approximate surface area is 94.8 Å². The molecule has 5 nitrogen and oxygen atoms in total. The molecule has 2 unspecified atom stereocenters. The number of nitrogen functional groups attached to an aromatic ring is 1. The van der Waals surface area contributed by atoms with Crippen molar-refractivity contribution in [2.45, 2.75) is 19.1 Å². The number of aliphatic hydroxyl groups excluding tert-OH is 1. The number of pyridine rings is 1. The Balaban J connectivity index is 2.14. The molecule has 2 atom stereocenters. The van der Waals surface area contributed by atoms with Crippen molar-refractivity contribution < 1.29 is 9.84 Å². The fourth-order valence-corrected chi connectivity index (χ4v) is 1.94. The van der Waals surface area contributed by atoms with Gasteiger partial charge in [0.1, 0.15) is 5.82 Å². The highest BCUT2D eigenvalue weighted by atomic mass is 16.5. The minimum Gasteiger partial charge on any atom is -0.399 e. The topological polar surface area (TPSA) is 71.6 Å². The Hall–Kier alpha value is -1.33. The van der Waals surface area contributed by atoms with Gasteiger partial charge in [-0.1, -0.05) is 0 Å². The molecule has 1 fully saturated rings. The molecule has 0 amide bonds. The van der Waals surface area contributed by atoms with Crippen LogP contribution >= 0.6 is 0 Å². The minimum atomic E-state index is -0.146. The first-order chi connectivity index (χ1) is 7.69. The molecule has 2 rings (SSSR count). The number of hydrogen-bond donors (Lipinski definition) is 2. The fraction of sp³-hybridized carbons (Fsp3) is 0.545. The van der Waals surface area contributed by atoms with Crippen molar-refractivity contribution in [1.29, 1.82) is 0 Å². The first-order valence-corrected chi connectivity index (χ1v) is 5.42. The zero-order valence-corrected chi connectivity index (χ0v) is 9.34. The summed E-state index contributed by atoms with van der Waals surface area (Å²) in [5.41, 5.74) is 6.42. The van der Waals surface area contributed by atoms with Gasteiger partial charge in [0.05, 0.1) is 18.8 Å². The molecule has 88 valence electrons. The van der Waals surface area contributed by atoms with E-state index in [0.29, 0.717) is 12.2 Å². The highest BCUT2D eigenvalue weighted by Crippen LogP contribution is 2.19. The Morgan fingerprint density at radius 1 is 1.62 bits per heavy atom. The first kappa shape index (κ1) is 11.2. The number of hydrogen-bond acceptors (Lipinski definition) is 5. The van der Waals surface area contributed by atoms with Gasteiger partial charge in [-0.15, -0.1) is 0 Å². The monoisotopic (exact) mass is 223 g/mol. The van der Waals surface area contributed by atoms with E-state index in [9.17, 15) is 0 Å². The molecule has 5 heteroatoms. The third-order valence-corrected chi connectivity index (χ3v) is 2.62. The number of nitrogens with zero attached hydrogens (tertiary/aromatic N) is 2. The molecule has 0 aliphatic carbocycles. The van der Waals surface area contributed by atoms with Gasteiger partial charge in [-0.2, -0.15) is 0 Å². The molecule has 1 aliphatic heterocycles. The van der Waals surface area contributed by atoms with Gasteiger partial charge < -0.3 is 20.5 Å². The lowest BCUT2D eigenvalue weighted by molar-refractivity contribution is -0.0423. The van der Waals surface area contributed by atoms with E-state index in [1.54, 1.807) is 12.3 Å². The van der Waals surface area contributed by atoms with Crippen LogP contribution in [0.15, 0.2) is 18.3 Å². The number of rotatable bonds is 2. The molecule has 1 aromatic heterocycles. The molecular weight excluding hydrogens is 206 g/mol. The summed E-state index contributed by atoms with van der Waals surface area (Å²) in [5, 5.41) is 9.13. The number of nitrogens with two attached hydrogens (primary N) is 1. The van der Waals surface area contributed by atoms with Crippen LogP contribution in [0.25, 0.3) is 0 Å². The van der Waals surface area contributed by atoms with Crippen molar-refractivity contribution in [3.05, 3.63) is 18.3 Å². The van der Waals surface area contributed by atoms with Crippen molar-refractivity contribution in [2.24, 2.45) is 0 Å². The number of morpholine rings is 1. The van der Waals surface area contributed by atoms with Gasteiger partial charge in [0.2, 0.25) is 0 Å². The molecule has 3 N–H and O–H groups in total. The lowest BCUT2D eigenvalue weighted by atomic mass is 10.2. The van der Waals surface area contributed by atoms with E-state index in [-0.39, 0.29) is 18.8 Å². The Morgan fingerprint density at radius 2 is 2.44 bits per heavy atom. The highest BCUT2D eigenvalue weighted by Gasteiger charge is 2.25. The predicted octanol–water partition coefficient (Wildman–Crippen LogP) is 0.250. The molecular formula is C11H17N3O2. The molecule has 1 aliphatic rings. The molecule has 0 radical (unpaired) electrons. The fourth-order valence-electron chi connectivity index (χ4n) is 1.94. The maximum Gasteiger partial charge on any atom is 0.130 e. The maximum atomic E-state index is 9.13. The molecule has 0 saturated carbocycles. The van der Waals surface area contributed by atoms with Gasteiger partial charge in [-0.3, -0.25) is 0 Å². The molecule has 1 saturated heterocycles. The van der Waals surface area contributed by atoms with E-state index in [1.807, 2.05) is 13.0 Å². The number of aromatic nitrogens is 1. The van der Waals surface area contributed by atoms with Crippen LogP contribution < -0.4 is 10.6 Å². The van der Waals surface area contributed by atoms with Crippen LogP contribution in [-0.2, 0) is 4.74 Å². The predicted molar refractivity (Wildman–Crippen MR) is 62.3 cm³/mol. The van der Waals surface area contributed by atoms with Crippen LogP contribution in [0.5, 0.6) is 0 Å². The van der Waals surface area contributed by atoms with Crippen molar-refractivity contribution in [1.82, 2.24) is 4.98 Å². The van der Waals surface area contributed by atoms with Crippen LogP contribution in [0.2, 0.25) is 0 Å². The van der Waals surface area contributed by atoms with Crippen molar-refractivity contribution in [3.63, 3.8) is 0 Å². The Morgan fingerprint density at radius 3 is 3.12 bits per heavy atom. The lowest BCUT2D eigenvalue weighted by Gasteiger charge is -2.36. The van der Waals surface area contributed by atoms with E-state index in [2.05, 4.69) is 9.88 Å². The summed E-state index contributed by atoms with van der Waals surface area (Å²) in [7, 11) is 0. The number of ether oxygens (including phenoxy) is 1. The second-order valence-electron chi connectivity index (χ2n) is 4.10. The van der Waals surface area contributed by atoms with Gasteiger partial charge in [0.25, 0.3) is 0 Å². The zero-order valence-electron chi connectivity index (χ0n) is 9.34. The maximum absolute atomic E-state index is 9.13. The molecule has 0 aromatic carbocycles. The molecule has 0 spiro atoms. The number of aliphatic hydroxyl groups is 1. The lowest BCUT2D eigenvalue weighted by Crippen LogP contribution is -2.48. The van der Waals surface area contributed by atoms with Crippen molar-refractivity contribution in [3.8, 4) is 0 Å². The third kappa shape index (κ3) is 2.43. The van der Waals surface area contributed by atoms with Crippen molar-refractivity contribution >= 4 is 11.5 Å². The third-order valence-electron chi connectivity index (χ3n) is 2.62. The standard InChI is InChI=1S/C11H17N3O2/c1-8-5-14(6-10(7-15)16-8)11-4-9(12)2-3-13-11/h2-4,8,10,15H,5-7H2,1H3,(H2,12,13). The molecule has 0 bridgehead atoms. The van der Waals surface area contributed by atoms with E-state index in [4.69, 9.17) is 15.6 Å². The SMILES string of the molecule is CC1CN(c2cc(N)ccn2)CC(CO)O1. The van der Waals surface area contributed by atoms with Crippen LogP contribution in [-0.4, -0.2) is 42.0 Å². The van der Waals surface area contributed by atoms with E-state index in [0.717, 1.165) is 12.4 Å². The van der Waals surface area contributed by atoms with Crippen LogP contribution in [0.4, 0.5) is 11.5 Å². The van der Waals surface area contributed by atoms with Gasteiger partial charge in [-0.25, -0.2) is 4.98 Å². The van der Waals surface area contributed by atoms with Crippen LogP contribution in [0.1, 0.15) is 6.92 Å². The van der Waals surface area contributed by atoms with E-state index >= 15 is 0 Å². The number of anilines is 2. The zero-order chi connectivity index (χ0) is 11.5. The summed E-state index contributed by atoms with van der Waals surface area (Å²) < 4.78 is 5.57. The molecule has 1 aromatic rings. The van der Waals surface area contributed by atoms with Crippen LogP contribution in [0.3, 0.4) is 0 Å². The van der Waals surface area contributed by atoms with Gasteiger partial charge in [0, 0.05) is 31.0 Å². The first-order valence-electron chi connectivity index (χ1n) is 5.42. The summed E-state index contributed by atoms with van der Waals surface area (Å²) in [6.45, 7) is 3.44. The largest absolute Gasteiger partial charge is 0.399 e. The van der Waals surface area contributed by atoms with Gasteiger partial charge in [0.15, 0.2) is 0 Å². The normalized spacial score (nSPS) is 25.8. The molecule has 16 heavy (non-hydrogen) atoms. The highest BCUT2D eigenvalue weighted by molar-refractivity contribution is 5.50.